The van der Waals surface area contributed by atoms with Gasteiger partial charge in [-0.15, -0.1) is 0 Å². The molecule has 0 aliphatic carbocycles. The summed E-state index contributed by atoms with van der Waals surface area (Å²) in [5, 5.41) is 9.27. The number of carbonyl (C=O) groups is 1. The summed E-state index contributed by atoms with van der Waals surface area (Å²) in [7, 11) is -2.54. The number of hydrogen-bond donors (Lipinski definition) is 2. The van der Waals surface area contributed by atoms with E-state index >= 15 is 0 Å². The Balaban J connectivity index is 2.32. The van der Waals surface area contributed by atoms with Crippen LogP contribution in [0.3, 0.4) is 0 Å². The molecule has 0 bridgehead atoms. The van der Waals surface area contributed by atoms with Gasteiger partial charge in [-0.2, -0.15) is 0 Å². The Morgan fingerprint density at radius 2 is 2.14 bits per heavy atom. The molecule has 2 N–H and O–H groups in total. The largest absolute Gasteiger partial charge is 0.495 e. The van der Waals surface area contributed by atoms with Crippen LogP contribution in [0, 0.1) is 5.41 Å². The monoisotopic (exact) mass is 315 g/mol. The van der Waals surface area contributed by atoms with Crippen molar-refractivity contribution in [2.45, 2.75) is 17.9 Å². The van der Waals surface area contributed by atoms with Crippen LogP contribution in [0.25, 0.3) is 0 Å². The Hall–Kier alpha value is -1.64. The molecule has 0 amide bonds. The lowest BCUT2D eigenvalue weighted by Crippen LogP contribution is -2.49. The molecule has 2 atom stereocenters. The summed E-state index contributed by atoms with van der Waals surface area (Å²) in [5.74, 6) is -0.909. The lowest BCUT2D eigenvalue weighted by Gasteiger charge is -2.25. The van der Waals surface area contributed by atoms with Crippen LogP contribution >= 0.6 is 0 Å². The Bertz CT molecular complexity index is 644. The molecule has 8 heteroatoms. The molecule has 21 heavy (non-hydrogen) atoms. The number of hydrogen-bond acceptors (Lipinski definition) is 5. The second-order valence-electron chi connectivity index (χ2n) is 5.06. The minimum Gasteiger partial charge on any atom is -0.495 e. The van der Waals surface area contributed by atoms with Crippen molar-refractivity contribution < 1.29 is 27.8 Å². The first-order chi connectivity index (χ1) is 9.81. The zero-order valence-corrected chi connectivity index (χ0v) is 12.5. The molecule has 0 spiro atoms. The number of carboxylic acids is 1. The SMILES string of the molecule is COc1ccccc1S(=O)(=O)NC1COCC1(C)C(=O)O. The van der Waals surface area contributed by atoms with Gasteiger partial charge in [0, 0.05) is 0 Å². The second-order valence-corrected chi connectivity index (χ2v) is 6.74. The number of para-hydroxylation sites is 1. The Kier molecular flexibility index (Phi) is 4.22. The van der Waals surface area contributed by atoms with E-state index in [0.717, 1.165) is 0 Å². The topological polar surface area (TPSA) is 102 Å². The van der Waals surface area contributed by atoms with E-state index in [9.17, 15) is 18.3 Å². The Labute approximate surface area is 122 Å². The van der Waals surface area contributed by atoms with E-state index in [0.29, 0.717) is 0 Å². The molecule has 1 aliphatic rings. The third-order valence-electron chi connectivity index (χ3n) is 3.60. The van der Waals surface area contributed by atoms with Gasteiger partial charge in [0.1, 0.15) is 16.1 Å². The maximum atomic E-state index is 12.4. The van der Waals surface area contributed by atoms with Crippen molar-refractivity contribution in [2.24, 2.45) is 5.41 Å². The molecule has 116 valence electrons. The van der Waals surface area contributed by atoms with Gasteiger partial charge in [0.2, 0.25) is 10.0 Å². The van der Waals surface area contributed by atoms with Gasteiger partial charge < -0.3 is 14.6 Å². The molecule has 1 saturated heterocycles. The molecule has 1 aromatic carbocycles. The molecule has 0 saturated carbocycles. The van der Waals surface area contributed by atoms with Crippen molar-refractivity contribution in [2.75, 3.05) is 20.3 Å². The van der Waals surface area contributed by atoms with Crippen molar-refractivity contribution >= 4 is 16.0 Å². The van der Waals surface area contributed by atoms with Crippen LogP contribution in [0.2, 0.25) is 0 Å². The molecule has 1 fully saturated rings. The van der Waals surface area contributed by atoms with E-state index in [1.54, 1.807) is 12.1 Å². The summed E-state index contributed by atoms with van der Waals surface area (Å²) in [6.45, 7) is 1.43. The molecule has 2 unspecified atom stereocenters. The average molecular weight is 315 g/mol. The molecular weight excluding hydrogens is 298 g/mol. The number of methoxy groups -OCH3 is 1. The van der Waals surface area contributed by atoms with E-state index in [1.807, 2.05) is 0 Å². The molecular formula is C13H17NO6S. The predicted octanol–water partition coefficient (Wildman–Crippen LogP) is 0.463. The number of ether oxygens (including phenoxy) is 2. The second kappa shape index (κ2) is 5.63. The lowest BCUT2D eigenvalue weighted by atomic mass is 9.86. The highest BCUT2D eigenvalue weighted by Crippen LogP contribution is 2.31. The summed E-state index contributed by atoms with van der Waals surface area (Å²) in [4.78, 5) is 11.3. The first-order valence-electron chi connectivity index (χ1n) is 6.28. The highest BCUT2D eigenvalue weighted by molar-refractivity contribution is 7.89. The van der Waals surface area contributed by atoms with Crippen LogP contribution in [0.15, 0.2) is 29.2 Å². The molecule has 1 heterocycles. The third kappa shape index (κ3) is 2.87. The summed E-state index contributed by atoms with van der Waals surface area (Å²) >= 11 is 0. The average Bonchev–Trinajstić information content (AvgIpc) is 2.81. The number of sulfonamides is 1. The van der Waals surface area contributed by atoms with Gasteiger partial charge in [-0.1, -0.05) is 12.1 Å². The molecule has 0 radical (unpaired) electrons. The number of carboxylic acid groups (broad SMARTS) is 1. The highest BCUT2D eigenvalue weighted by atomic mass is 32.2. The van der Waals surface area contributed by atoms with Crippen molar-refractivity contribution in [1.29, 1.82) is 0 Å². The number of nitrogens with one attached hydrogen (secondary N) is 1. The van der Waals surface area contributed by atoms with Gasteiger partial charge in [0.05, 0.1) is 26.4 Å². The summed E-state index contributed by atoms with van der Waals surface area (Å²) in [6, 6.07) is 5.30. The van der Waals surface area contributed by atoms with E-state index in [1.165, 1.54) is 26.2 Å². The van der Waals surface area contributed by atoms with E-state index in [2.05, 4.69) is 4.72 Å². The minimum absolute atomic E-state index is 0.0111. The van der Waals surface area contributed by atoms with E-state index in [4.69, 9.17) is 9.47 Å². The zero-order valence-electron chi connectivity index (χ0n) is 11.7. The van der Waals surface area contributed by atoms with Crippen LogP contribution in [-0.4, -0.2) is 45.9 Å². The lowest BCUT2D eigenvalue weighted by molar-refractivity contribution is -0.148. The van der Waals surface area contributed by atoms with Crippen LogP contribution in [0.1, 0.15) is 6.92 Å². The molecule has 1 aliphatic heterocycles. The summed E-state index contributed by atoms with van der Waals surface area (Å²) in [5.41, 5.74) is -1.30. The number of rotatable bonds is 5. The van der Waals surface area contributed by atoms with Crippen LogP contribution in [-0.2, 0) is 19.6 Å². The maximum absolute atomic E-state index is 12.4. The van der Waals surface area contributed by atoms with Crippen molar-refractivity contribution in [1.82, 2.24) is 4.72 Å². The number of benzene rings is 1. The van der Waals surface area contributed by atoms with Crippen LogP contribution < -0.4 is 9.46 Å². The van der Waals surface area contributed by atoms with Crippen molar-refractivity contribution in [3.05, 3.63) is 24.3 Å². The molecule has 1 aromatic rings. The van der Waals surface area contributed by atoms with Gasteiger partial charge >= 0.3 is 5.97 Å². The predicted molar refractivity (Wildman–Crippen MR) is 73.7 cm³/mol. The van der Waals surface area contributed by atoms with Crippen molar-refractivity contribution in [3.63, 3.8) is 0 Å². The van der Waals surface area contributed by atoms with Gasteiger partial charge in [0.15, 0.2) is 0 Å². The Morgan fingerprint density at radius 3 is 2.76 bits per heavy atom. The minimum atomic E-state index is -3.91. The Morgan fingerprint density at radius 1 is 1.48 bits per heavy atom. The van der Waals surface area contributed by atoms with Crippen molar-refractivity contribution in [3.8, 4) is 5.75 Å². The van der Waals surface area contributed by atoms with E-state index < -0.39 is 27.4 Å². The van der Waals surface area contributed by atoms with Gasteiger partial charge in [-0.25, -0.2) is 13.1 Å². The fourth-order valence-electron chi connectivity index (χ4n) is 2.14. The summed E-state index contributed by atoms with van der Waals surface area (Å²) < 4.78 is 37.4. The fraction of sp³-hybridized carbons (Fsp3) is 0.462. The van der Waals surface area contributed by atoms with Gasteiger partial charge in [0.25, 0.3) is 0 Å². The quantitative estimate of drug-likeness (QED) is 0.818. The van der Waals surface area contributed by atoms with Crippen LogP contribution in [0.5, 0.6) is 5.75 Å². The zero-order chi connectivity index (χ0) is 15.7. The van der Waals surface area contributed by atoms with Gasteiger partial charge in [-0.3, -0.25) is 4.79 Å². The molecule has 7 nitrogen and oxygen atoms in total. The normalized spacial score (nSPS) is 25.7. The van der Waals surface area contributed by atoms with Crippen LogP contribution in [0.4, 0.5) is 0 Å². The molecule has 0 aromatic heterocycles. The smallest absolute Gasteiger partial charge is 0.313 e. The molecule has 2 rings (SSSR count). The first kappa shape index (κ1) is 15.7. The van der Waals surface area contributed by atoms with Gasteiger partial charge in [-0.05, 0) is 19.1 Å². The van der Waals surface area contributed by atoms with E-state index in [-0.39, 0.29) is 23.9 Å². The fourth-order valence-corrected chi connectivity index (χ4v) is 3.64. The third-order valence-corrected chi connectivity index (χ3v) is 5.11. The standard InChI is InChI=1S/C13H17NO6S/c1-13(12(15)16)8-20-7-11(13)14-21(17,18)10-6-4-3-5-9(10)19-2/h3-6,11,14H,7-8H2,1-2H3,(H,15,16). The maximum Gasteiger partial charge on any atom is 0.313 e. The number of aliphatic carboxylic acids is 1. The highest BCUT2D eigenvalue weighted by Gasteiger charge is 2.48. The summed E-state index contributed by atoms with van der Waals surface area (Å²) in [6.07, 6.45) is 0. The first-order valence-corrected chi connectivity index (χ1v) is 7.76.